The molecule has 0 atom stereocenters. The topological polar surface area (TPSA) is 54.4 Å². The van der Waals surface area contributed by atoms with Crippen molar-refractivity contribution in [3.05, 3.63) is 0 Å². The number of carbonyl (C=O) groups excluding carboxylic acids is 1. The van der Waals surface area contributed by atoms with Crippen molar-refractivity contribution < 1.29 is 27.9 Å². The second-order valence-corrected chi connectivity index (χ2v) is 2.61. The molecular weight excluding hydrogens is 201 g/mol. The van der Waals surface area contributed by atoms with Gasteiger partial charge in [0.25, 0.3) is 0 Å². The predicted octanol–water partition coefficient (Wildman–Crippen LogP) is 2.40. The number of aliphatic carboxylic acids is 1. The Balaban J connectivity index is 0. The summed E-state index contributed by atoms with van der Waals surface area (Å²) >= 11 is 0. The zero-order chi connectivity index (χ0) is 11.8. The summed E-state index contributed by atoms with van der Waals surface area (Å²) < 4.78 is 31.7. The highest BCUT2D eigenvalue weighted by Crippen LogP contribution is 2.13. The molecule has 0 rings (SSSR count). The largest absolute Gasteiger partial charge is 0.490 e. The fourth-order valence-corrected chi connectivity index (χ4v) is 0.426. The molecule has 3 nitrogen and oxygen atoms in total. The molecule has 0 aliphatic heterocycles. The predicted molar refractivity (Wildman–Crippen MR) is 43.9 cm³/mol. The number of carbonyl (C=O) groups is 2. The Kier molecular flexibility index (Phi) is 8.08. The van der Waals surface area contributed by atoms with E-state index >= 15 is 0 Å². The second kappa shape index (κ2) is 7.34. The summed E-state index contributed by atoms with van der Waals surface area (Å²) in [7, 11) is 0. The van der Waals surface area contributed by atoms with Crippen LogP contribution in [-0.4, -0.2) is 23.0 Å². The first-order valence-electron chi connectivity index (χ1n) is 4.01. The summed E-state index contributed by atoms with van der Waals surface area (Å²) in [5.41, 5.74) is 0. The van der Waals surface area contributed by atoms with Crippen molar-refractivity contribution in [3.63, 3.8) is 0 Å². The van der Waals surface area contributed by atoms with Crippen molar-refractivity contribution in [1.82, 2.24) is 0 Å². The Bertz CT molecular complexity index is 187. The van der Waals surface area contributed by atoms with Crippen LogP contribution >= 0.6 is 0 Å². The van der Waals surface area contributed by atoms with E-state index < -0.39 is 12.1 Å². The lowest BCUT2D eigenvalue weighted by atomic mass is 10.2. The molecule has 0 radical (unpaired) electrons. The Morgan fingerprint density at radius 1 is 1.29 bits per heavy atom. The molecule has 84 valence electrons. The van der Waals surface area contributed by atoms with Gasteiger partial charge in [-0.05, 0) is 13.3 Å². The van der Waals surface area contributed by atoms with E-state index in [0.717, 1.165) is 19.3 Å². The van der Waals surface area contributed by atoms with Gasteiger partial charge in [-0.1, -0.05) is 13.3 Å². The Labute approximate surface area is 79.9 Å². The van der Waals surface area contributed by atoms with Crippen LogP contribution in [0, 0.1) is 0 Å². The van der Waals surface area contributed by atoms with E-state index in [0.29, 0.717) is 5.78 Å². The van der Waals surface area contributed by atoms with Crippen LogP contribution in [-0.2, 0) is 9.59 Å². The lowest BCUT2D eigenvalue weighted by Gasteiger charge is -1.93. The molecule has 0 aromatic heterocycles. The SMILES string of the molecule is CCCCC(C)=O.O=C(O)C(F)(F)F. The minimum Gasteiger partial charge on any atom is -0.475 e. The van der Waals surface area contributed by atoms with Gasteiger partial charge in [-0.25, -0.2) is 4.79 Å². The highest BCUT2D eigenvalue weighted by molar-refractivity contribution is 5.75. The molecule has 0 aliphatic carbocycles. The molecule has 6 heteroatoms. The first-order chi connectivity index (χ1) is 6.21. The number of rotatable bonds is 3. The fraction of sp³-hybridized carbons (Fsp3) is 0.750. The lowest BCUT2D eigenvalue weighted by molar-refractivity contribution is -0.192. The van der Waals surface area contributed by atoms with E-state index in [4.69, 9.17) is 9.90 Å². The van der Waals surface area contributed by atoms with Gasteiger partial charge in [-0.15, -0.1) is 0 Å². The fourth-order valence-electron chi connectivity index (χ4n) is 0.426. The maximum Gasteiger partial charge on any atom is 0.490 e. The summed E-state index contributed by atoms with van der Waals surface area (Å²) in [5, 5.41) is 7.12. The summed E-state index contributed by atoms with van der Waals surface area (Å²) in [4.78, 5) is 19.1. The quantitative estimate of drug-likeness (QED) is 0.784. The maximum absolute atomic E-state index is 10.6. The Morgan fingerprint density at radius 2 is 1.64 bits per heavy atom. The summed E-state index contributed by atoms with van der Waals surface area (Å²) in [6, 6.07) is 0. The van der Waals surface area contributed by atoms with E-state index in [2.05, 4.69) is 6.92 Å². The molecule has 14 heavy (non-hydrogen) atoms. The second-order valence-electron chi connectivity index (χ2n) is 2.61. The smallest absolute Gasteiger partial charge is 0.475 e. The Morgan fingerprint density at radius 3 is 1.71 bits per heavy atom. The van der Waals surface area contributed by atoms with Crippen LogP contribution in [0.15, 0.2) is 0 Å². The number of carboxylic acids is 1. The van der Waals surface area contributed by atoms with E-state index in [1.54, 1.807) is 6.92 Å². The van der Waals surface area contributed by atoms with Crippen LogP contribution in [0.2, 0.25) is 0 Å². The van der Waals surface area contributed by atoms with Gasteiger partial charge in [0, 0.05) is 6.42 Å². The van der Waals surface area contributed by atoms with Crippen LogP contribution in [0.5, 0.6) is 0 Å². The van der Waals surface area contributed by atoms with Gasteiger partial charge in [-0.3, -0.25) is 0 Å². The van der Waals surface area contributed by atoms with Crippen LogP contribution in [0.3, 0.4) is 0 Å². The molecule has 0 amide bonds. The van der Waals surface area contributed by atoms with Gasteiger partial charge in [0.1, 0.15) is 5.78 Å². The molecule has 1 N–H and O–H groups in total. The van der Waals surface area contributed by atoms with Crippen molar-refractivity contribution in [2.75, 3.05) is 0 Å². The maximum atomic E-state index is 10.6. The zero-order valence-electron chi connectivity index (χ0n) is 8.02. The molecule has 0 saturated heterocycles. The molecular formula is C8H13F3O3. The normalized spacial score (nSPS) is 10.1. The van der Waals surface area contributed by atoms with Crippen LogP contribution in [0.25, 0.3) is 0 Å². The molecule has 0 fully saturated rings. The average molecular weight is 214 g/mol. The highest BCUT2D eigenvalue weighted by atomic mass is 19.4. The van der Waals surface area contributed by atoms with E-state index in [1.807, 2.05) is 0 Å². The molecule has 0 bridgehead atoms. The molecule has 0 heterocycles. The molecule has 0 spiro atoms. The van der Waals surface area contributed by atoms with Gasteiger partial charge in [0.2, 0.25) is 0 Å². The van der Waals surface area contributed by atoms with Crippen molar-refractivity contribution in [1.29, 1.82) is 0 Å². The van der Waals surface area contributed by atoms with Gasteiger partial charge < -0.3 is 9.90 Å². The molecule has 0 aromatic rings. The van der Waals surface area contributed by atoms with Gasteiger partial charge in [-0.2, -0.15) is 13.2 Å². The standard InChI is InChI=1S/C6H12O.C2HF3O2/c1-3-4-5-6(2)7;3-2(4,5)1(6)7/h3-5H2,1-2H3;(H,6,7). The molecule has 0 aliphatic rings. The highest BCUT2D eigenvalue weighted by Gasteiger charge is 2.38. The van der Waals surface area contributed by atoms with Crippen LogP contribution < -0.4 is 0 Å². The number of halogens is 3. The number of Topliss-reactive ketones (excluding diaryl/α,β-unsaturated/α-hetero) is 1. The van der Waals surface area contributed by atoms with Crippen molar-refractivity contribution in [3.8, 4) is 0 Å². The number of unbranched alkanes of at least 4 members (excludes halogenated alkanes) is 1. The van der Waals surface area contributed by atoms with Crippen molar-refractivity contribution in [2.24, 2.45) is 0 Å². The first kappa shape index (κ1) is 15.4. The first-order valence-corrected chi connectivity index (χ1v) is 4.01. The Hall–Kier alpha value is -1.07. The zero-order valence-corrected chi connectivity index (χ0v) is 8.02. The van der Waals surface area contributed by atoms with Gasteiger partial charge >= 0.3 is 12.1 Å². The minimum atomic E-state index is -5.08. The summed E-state index contributed by atoms with van der Waals surface area (Å²) in [5.74, 6) is -2.45. The van der Waals surface area contributed by atoms with Gasteiger partial charge in [0.15, 0.2) is 0 Å². The third-order valence-electron chi connectivity index (χ3n) is 1.12. The summed E-state index contributed by atoms with van der Waals surface area (Å²) in [6.07, 6.45) is -2.15. The van der Waals surface area contributed by atoms with Gasteiger partial charge in [0.05, 0.1) is 0 Å². The van der Waals surface area contributed by atoms with E-state index in [1.165, 1.54) is 0 Å². The average Bonchev–Trinajstić information content (AvgIpc) is 2.00. The monoisotopic (exact) mass is 214 g/mol. The van der Waals surface area contributed by atoms with Crippen LogP contribution in [0.1, 0.15) is 33.1 Å². The molecule has 0 saturated carbocycles. The lowest BCUT2D eigenvalue weighted by Crippen LogP contribution is -2.21. The van der Waals surface area contributed by atoms with Crippen molar-refractivity contribution in [2.45, 2.75) is 39.3 Å². The van der Waals surface area contributed by atoms with E-state index in [-0.39, 0.29) is 0 Å². The molecule has 0 aromatic carbocycles. The number of ketones is 1. The number of alkyl halides is 3. The van der Waals surface area contributed by atoms with E-state index in [9.17, 15) is 18.0 Å². The third-order valence-corrected chi connectivity index (χ3v) is 1.12. The number of hydrogen-bond acceptors (Lipinski definition) is 2. The molecule has 0 unspecified atom stereocenters. The number of carboxylic acid groups (broad SMARTS) is 1. The number of hydrogen-bond donors (Lipinski definition) is 1. The van der Waals surface area contributed by atoms with Crippen LogP contribution in [0.4, 0.5) is 13.2 Å². The van der Waals surface area contributed by atoms with Crippen molar-refractivity contribution >= 4 is 11.8 Å². The minimum absolute atomic E-state index is 0.307. The summed E-state index contributed by atoms with van der Waals surface area (Å²) in [6.45, 7) is 3.72. The third kappa shape index (κ3) is 13.5.